The first kappa shape index (κ1) is 23.1. The van der Waals surface area contributed by atoms with Gasteiger partial charge in [0.1, 0.15) is 5.82 Å². The van der Waals surface area contributed by atoms with Gasteiger partial charge in [-0.3, -0.25) is 4.99 Å². The van der Waals surface area contributed by atoms with Gasteiger partial charge in [0.15, 0.2) is 5.96 Å². The van der Waals surface area contributed by atoms with Crippen molar-refractivity contribution >= 4 is 29.9 Å². The second kappa shape index (κ2) is 13.4. The number of ether oxygens (including phenoxy) is 1. The molecule has 0 bridgehead atoms. The predicted octanol–water partition coefficient (Wildman–Crippen LogP) is 2.42. The predicted molar refractivity (Wildman–Crippen MR) is 109 cm³/mol. The highest BCUT2D eigenvalue weighted by molar-refractivity contribution is 14.0. The molecule has 1 aromatic rings. The van der Waals surface area contributed by atoms with E-state index in [1.807, 2.05) is 18.9 Å². The van der Waals surface area contributed by atoms with E-state index >= 15 is 0 Å². The Morgan fingerprint density at radius 1 is 1.21 bits per heavy atom. The van der Waals surface area contributed by atoms with E-state index in [1.165, 1.54) is 12.1 Å². The van der Waals surface area contributed by atoms with Crippen molar-refractivity contribution in [3.8, 4) is 0 Å². The molecule has 0 aliphatic rings. The van der Waals surface area contributed by atoms with E-state index in [9.17, 15) is 4.39 Å². The molecule has 1 rings (SSSR count). The van der Waals surface area contributed by atoms with Crippen molar-refractivity contribution in [1.82, 2.24) is 15.1 Å². The number of methoxy groups -OCH3 is 1. The summed E-state index contributed by atoms with van der Waals surface area (Å²) in [5, 5.41) is 3.29. The third kappa shape index (κ3) is 9.39. The van der Waals surface area contributed by atoms with Gasteiger partial charge in [-0.1, -0.05) is 12.1 Å². The lowest BCUT2D eigenvalue weighted by atomic mass is 10.2. The number of likely N-dealkylation sites (N-methyl/N-ethyl adjacent to an activating group) is 1. The smallest absolute Gasteiger partial charge is 0.194 e. The van der Waals surface area contributed by atoms with E-state index in [0.717, 1.165) is 44.3 Å². The highest BCUT2D eigenvalue weighted by atomic mass is 127. The van der Waals surface area contributed by atoms with Crippen LogP contribution in [-0.4, -0.2) is 69.8 Å². The van der Waals surface area contributed by atoms with Gasteiger partial charge in [0, 0.05) is 40.3 Å². The third-order valence-electron chi connectivity index (χ3n) is 3.45. The Balaban J connectivity index is 0.00000529. The molecule has 24 heavy (non-hydrogen) atoms. The maximum Gasteiger partial charge on any atom is 0.194 e. The summed E-state index contributed by atoms with van der Waals surface area (Å²) in [5.41, 5.74) is 1.05. The van der Waals surface area contributed by atoms with Crippen LogP contribution < -0.4 is 5.32 Å². The zero-order valence-corrected chi connectivity index (χ0v) is 17.4. The lowest BCUT2D eigenvalue weighted by Crippen LogP contribution is -2.39. The number of benzene rings is 1. The number of guanidine groups is 1. The van der Waals surface area contributed by atoms with Gasteiger partial charge in [0.2, 0.25) is 0 Å². The summed E-state index contributed by atoms with van der Waals surface area (Å²) < 4.78 is 18.0. The van der Waals surface area contributed by atoms with Gasteiger partial charge in [0.25, 0.3) is 0 Å². The van der Waals surface area contributed by atoms with Crippen LogP contribution >= 0.6 is 24.0 Å². The molecular formula is C17H30FIN4O. The van der Waals surface area contributed by atoms with Crippen LogP contribution in [0.3, 0.4) is 0 Å². The molecule has 0 unspecified atom stereocenters. The minimum Gasteiger partial charge on any atom is -0.383 e. The van der Waals surface area contributed by atoms with Crippen LogP contribution in [0.4, 0.5) is 4.39 Å². The van der Waals surface area contributed by atoms with E-state index in [1.54, 1.807) is 19.2 Å². The standard InChI is InChI=1S/C17H29FN4O.HI/c1-5-19-17(20-10-11-21(2)12-13-23-4)22(3)14-15-6-8-16(18)9-7-15;/h6-9H,5,10-14H2,1-4H3,(H,19,20);1H. The van der Waals surface area contributed by atoms with Crippen molar-refractivity contribution in [2.75, 3.05) is 54.0 Å². The summed E-state index contributed by atoms with van der Waals surface area (Å²) in [6.07, 6.45) is 0. The molecule has 0 aliphatic heterocycles. The molecule has 0 aliphatic carbocycles. The van der Waals surface area contributed by atoms with Crippen molar-refractivity contribution in [2.24, 2.45) is 4.99 Å². The number of nitrogens with one attached hydrogen (secondary N) is 1. The SMILES string of the molecule is CCNC(=NCCN(C)CCOC)N(C)Cc1ccc(F)cc1.I. The quantitative estimate of drug-likeness (QED) is 0.355. The van der Waals surface area contributed by atoms with Crippen LogP contribution in [0.2, 0.25) is 0 Å². The fraction of sp³-hybridized carbons (Fsp3) is 0.588. The van der Waals surface area contributed by atoms with Crippen LogP contribution in [0.15, 0.2) is 29.3 Å². The summed E-state index contributed by atoms with van der Waals surface area (Å²) in [5.74, 6) is 0.646. The summed E-state index contributed by atoms with van der Waals surface area (Å²) in [4.78, 5) is 8.89. The molecule has 0 spiro atoms. The molecule has 0 fully saturated rings. The van der Waals surface area contributed by atoms with Gasteiger partial charge in [0.05, 0.1) is 13.2 Å². The topological polar surface area (TPSA) is 40.1 Å². The number of hydrogen-bond acceptors (Lipinski definition) is 3. The highest BCUT2D eigenvalue weighted by Crippen LogP contribution is 2.05. The molecule has 0 saturated carbocycles. The molecule has 1 N–H and O–H groups in total. The largest absolute Gasteiger partial charge is 0.383 e. The number of hydrogen-bond donors (Lipinski definition) is 1. The highest BCUT2D eigenvalue weighted by Gasteiger charge is 2.07. The van der Waals surface area contributed by atoms with Gasteiger partial charge in [-0.25, -0.2) is 4.39 Å². The summed E-state index contributed by atoms with van der Waals surface area (Å²) >= 11 is 0. The van der Waals surface area contributed by atoms with E-state index < -0.39 is 0 Å². The van der Waals surface area contributed by atoms with Crippen molar-refractivity contribution in [3.63, 3.8) is 0 Å². The lowest BCUT2D eigenvalue weighted by Gasteiger charge is -2.23. The normalized spacial score (nSPS) is 11.3. The Hall–Kier alpha value is -0.930. The first-order valence-corrected chi connectivity index (χ1v) is 7.98. The summed E-state index contributed by atoms with van der Waals surface area (Å²) in [6, 6.07) is 6.57. The van der Waals surface area contributed by atoms with Gasteiger partial charge in [-0.05, 0) is 31.7 Å². The Morgan fingerprint density at radius 2 is 1.88 bits per heavy atom. The van der Waals surface area contributed by atoms with Crippen LogP contribution in [0.1, 0.15) is 12.5 Å². The lowest BCUT2D eigenvalue weighted by molar-refractivity contribution is 0.163. The molecule has 7 heteroatoms. The average molecular weight is 452 g/mol. The maximum absolute atomic E-state index is 13.0. The van der Waals surface area contributed by atoms with E-state index in [0.29, 0.717) is 6.54 Å². The number of rotatable bonds is 9. The monoisotopic (exact) mass is 452 g/mol. The minimum atomic E-state index is -0.212. The molecular weight excluding hydrogens is 422 g/mol. The summed E-state index contributed by atoms with van der Waals surface area (Å²) in [7, 11) is 5.75. The third-order valence-corrected chi connectivity index (χ3v) is 3.45. The van der Waals surface area contributed by atoms with Gasteiger partial charge >= 0.3 is 0 Å². The zero-order chi connectivity index (χ0) is 17.1. The van der Waals surface area contributed by atoms with Gasteiger partial charge in [-0.2, -0.15) is 0 Å². The second-order valence-electron chi connectivity index (χ2n) is 5.51. The fourth-order valence-corrected chi connectivity index (χ4v) is 2.09. The first-order valence-electron chi connectivity index (χ1n) is 7.98. The van der Waals surface area contributed by atoms with Crippen LogP contribution in [0.25, 0.3) is 0 Å². The molecule has 0 radical (unpaired) electrons. The van der Waals surface area contributed by atoms with Crippen LogP contribution in [0, 0.1) is 5.82 Å². The van der Waals surface area contributed by atoms with E-state index in [-0.39, 0.29) is 29.8 Å². The Labute approximate surface area is 162 Å². The van der Waals surface area contributed by atoms with Gasteiger partial charge in [-0.15, -0.1) is 24.0 Å². The zero-order valence-electron chi connectivity index (χ0n) is 15.1. The minimum absolute atomic E-state index is 0. The van der Waals surface area contributed by atoms with Crippen LogP contribution in [0.5, 0.6) is 0 Å². The molecule has 0 heterocycles. The first-order chi connectivity index (χ1) is 11.1. The van der Waals surface area contributed by atoms with Crippen molar-refractivity contribution in [2.45, 2.75) is 13.5 Å². The average Bonchev–Trinajstić information content (AvgIpc) is 2.54. The Kier molecular flexibility index (Phi) is 12.9. The maximum atomic E-state index is 13.0. The number of halogens is 2. The molecule has 0 amide bonds. The molecule has 0 aromatic heterocycles. The Bertz CT molecular complexity index is 470. The van der Waals surface area contributed by atoms with Gasteiger partial charge < -0.3 is 19.9 Å². The van der Waals surface area contributed by atoms with Crippen molar-refractivity contribution < 1.29 is 9.13 Å². The number of aliphatic imine (C=N–C) groups is 1. The molecule has 138 valence electrons. The second-order valence-corrected chi connectivity index (χ2v) is 5.51. The van der Waals surface area contributed by atoms with Crippen LogP contribution in [-0.2, 0) is 11.3 Å². The fourth-order valence-electron chi connectivity index (χ4n) is 2.09. The van der Waals surface area contributed by atoms with Crippen molar-refractivity contribution in [3.05, 3.63) is 35.6 Å². The molecule has 1 aromatic carbocycles. The van der Waals surface area contributed by atoms with E-state index in [4.69, 9.17) is 4.74 Å². The van der Waals surface area contributed by atoms with E-state index in [2.05, 4.69) is 22.3 Å². The molecule has 0 saturated heterocycles. The Morgan fingerprint density at radius 3 is 2.46 bits per heavy atom. The number of nitrogens with zero attached hydrogens (tertiary/aromatic N) is 3. The molecule has 0 atom stereocenters. The van der Waals surface area contributed by atoms with Crippen molar-refractivity contribution in [1.29, 1.82) is 0 Å². The molecule has 5 nitrogen and oxygen atoms in total. The summed E-state index contributed by atoms with van der Waals surface area (Å²) in [6.45, 7) is 6.77.